The van der Waals surface area contributed by atoms with Crippen LogP contribution in [0.4, 0.5) is 5.69 Å². The molecule has 2 rings (SSSR count). The molecule has 0 spiro atoms. The van der Waals surface area contributed by atoms with Crippen molar-refractivity contribution in [2.24, 2.45) is 0 Å². The normalized spacial score (nSPS) is 14.4. The third-order valence-corrected chi connectivity index (χ3v) is 4.21. The van der Waals surface area contributed by atoms with Crippen LogP contribution >= 0.6 is 0 Å². The van der Waals surface area contributed by atoms with Gasteiger partial charge in [0, 0.05) is 26.8 Å². The zero-order chi connectivity index (χ0) is 13.7. The summed E-state index contributed by atoms with van der Waals surface area (Å²) in [5, 5.41) is 3.11. The number of rotatable bonds is 6. The van der Waals surface area contributed by atoms with Gasteiger partial charge in [0.1, 0.15) is 12.4 Å². The number of sulfonamides is 1. The van der Waals surface area contributed by atoms with Crippen LogP contribution in [0, 0.1) is 0 Å². The van der Waals surface area contributed by atoms with Gasteiger partial charge in [-0.25, -0.2) is 13.1 Å². The summed E-state index contributed by atoms with van der Waals surface area (Å²) in [7, 11) is -1.89. The zero-order valence-corrected chi connectivity index (χ0v) is 11.6. The minimum absolute atomic E-state index is 0.238. The molecule has 7 heteroatoms. The first-order valence-electron chi connectivity index (χ1n) is 6.13. The Morgan fingerprint density at radius 1 is 1.47 bits per heavy atom. The van der Waals surface area contributed by atoms with Crippen molar-refractivity contribution in [3.8, 4) is 5.75 Å². The van der Waals surface area contributed by atoms with Gasteiger partial charge in [0.15, 0.2) is 0 Å². The summed E-state index contributed by atoms with van der Waals surface area (Å²) in [5.74, 6) is 0.685. The number of hydrogen-bond acceptors (Lipinski definition) is 5. The maximum atomic E-state index is 12.1. The molecule has 6 nitrogen and oxygen atoms in total. The molecule has 0 saturated heterocycles. The molecule has 1 aliphatic heterocycles. The molecule has 1 heterocycles. The monoisotopic (exact) mass is 286 g/mol. The van der Waals surface area contributed by atoms with E-state index in [4.69, 9.17) is 9.47 Å². The molecule has 0 fully saturated rings. The van der Waals surface area contributed by atoms with Crippen molar-refractivity contribution in [3.05, 3.63) is 18.2 Å². The molecule has 19 heavy (non-hydrogen) atoms. The van der Waals surface area contributed by atoms with E-state index in [0.717, 1.165) is 0 Å². The van der Waals surface area contributed by atoms with Crippen molar-refractivity contribution in [2.75, 3.05) is 38.7 Å². The van der Waals surface area contributed by atoms with E-state index in [1.807, 2.05) is 0 Å². The van der Waals surface area contributed by atoms with Gasteiger partial charge in [0.25, 0.3) is 0 Å². The standard InChI is InChI=1S/C12H18N2O4S/c1-17-7-2-5-14-19(15,16)10-3-4-12-11(9-10)13-6-8-18-12/h3-4,9,13-14H,2,5-8H2,1H3. The lowest BCUT2D eigenvalue weighted by Gasteiger charge is -2.19. The molecule has 2 N–H and O–H groups in total. The largest absolute Gasteiger partial charge is 0.490 e. The van der Waals surface area contributed by atoms with Gasteiger partial charge in [-0.05, 0) is 24.6 Å². The van der Waals surface area contributed by atoms with Crippen molar-refractivity contribution >= 4 is 15.7 Å². The highest BCUT2D eigenvalue weighted by Gasteiger charge is 2.17. The van der Waals surface area contributed by atoms with Crippen LogP contribution in [0.25, 0.3) is 0 Å². The highest BCUT2D eigenvalue weighted by atomic mass is 32.2. The lowest BCUT2D eigenvalue weighted by atomic mass is 10.2. The zero-order valence-electron chi connectivity index (χ0n) is 10.8. The molecule has 0 radical (unpaired) electrons. The molecule has 0 unspecified atom stereocenters. The second-order valence-corrected chi connectivity index (χ2v) is 5.94. The predicted molar refractivity (Wildman–Crippen MR) is 72.1 cm³/mol. The number of ether oxygens (including phenoxy) is 2. The molecule has 1 aliphatic rings. The number of fused-ring (bicyclic) bond motifs is 1. The van der Waals surface area contributed by atoms with Gasteiger partial charge in [-0.15, -0.1) is 0 Å². The summed E-state index contributed by atoms with van der Waals surface area (Å²) in [6.45, 7) is 2.16. The SMILES string of the molecule is COCCCNS(=O)(=O)c1ccc2c(c1)NCCO2. The molecule has 0 bridgehead atoms. The maximum Gasteiger partial charge on any atom is 0.240 e. The molecule has 0 atom stereocenters. The Balaban J connectivity index is 2.07. The summed E-state index contributed by atoms with van der Waals surface area (Å²) in [6.07, 6.45) is 0.641. The third kappa shape index (κ3) is 3.59. The van der Waals surface area contributed by atoms with Crippen LogP contribution in [0.3, 0.4) is 0 Å². The van der Waals surface area contributed by atoms with E-state index in [0.29, 0.717) is 44.2 Å². The highest BCUT2D eigenvalue weighted by molar-refractivity contribution is 7.89. The lowest BCUT2D eigenvalue weighted by molar-refractivity contribution is 0.196. The first-order chi connectivity index (χ1) is 9.13. The minimum atomic E-state index is -3.48. The predicted octanol–water partition coefficient (Wildman–Crippen LogP) is 0.806. The van der Waals surface area contributed by atoms with Crippen LogP contribution in [0.2, 0.25) is 0 Å². The number of methoxy groups -OCH3 is 1. The molecule has 0 saturated carbocycles. The summed E-state index contributed by atoms with van der Waals surface area (Å²) < 4.78 is 36.9. The number of hydrogen-bond donors (Lipinski definition) is 2. The fourth-order valence-corrected chi connectivity index (χ4v) is 2.89. The third-order valence-electron chi connectivity index (χ3n) is 2.75. The number of anilines is 1. The Morgan fingerprint density at radius 3 is 3.11 bits per heavy atom. The summed E-state index contributed by atoms with van der Waals surface area (Å²) in [6, 6.07) is 4.81. The smallest absolute Gasteiger partial charge is 0.240 e. The van der Waals surface area contributed by atoms with Crippen molar-refractivity contribution in [1.29, 1.82) is 0 Å². The second-order valence-electron chi connectivity index (χ2n) is 4.18. The minimum Gasteiger partial charge on any atom is -0.490 e. The Bertz CT molecular complexity index is 531. The Morgan fingerprint density at radius 2 is 2.32 bits per heavy atom. The summed E-state index contributed by atoms with van der Waals surface area (Å²) in [4.78, 5) is 0.238. The van der Waals surface area contributed by atoms with E-state index in [2.05, 4.69) is 10.0 Å². The molecule has 1 aromatic rings. The van der Waals surface area contributed by atoms with Crippen molar-refractivity contribution in [2.45, 2.75) is 11.3 Å². The molecule has 0 aromatic heterocycles. The molecule has 0 amide bonds. The van der Waals surface area contributed by atoms with E-state index in [1.165, 1.54) is 0 Å². The Kier molecular flexibility index (Phi) is 4.62. The van der Waals surface area contributed by atoms with Gasteiger partial charge in [-0.2, -0.15) is 0 Å². The van der Waals surface area contributed by atoms with Gasteiger partial charge in [0.2, 0.25) is 10.0 Å². The molecular weight excluding hydrogens is 268 g/mol. The van der Waals surface area contributed by atoms with Crippen LogP contribution in [-0.4, -0.2) is 41.8 Å². The van der Waals surface area contributed by atoms with Gasteiger partial charge >= 0.3 is 0 Å². The summed E-state index contributed by atoms with van der Waals surface area (Å²) >= 11 is 0. The van der Waals surface area contributed by atoms with E-state index in [-0.39, 0.29) is 4.90 Å². The van der Waals surface area contributed by atoms with Gasteiger partial charge in [0.05, 0.1) is 10.6 Å². The average Bonchev–Trinajstić information content (AvgIpc) is 2.43. The summed E-state index contributed by atoms with van der Waals surface area (Å²) in [5.41, 5.74) is 0.714. The van der Waals surface area contributed by atoms with Crippen molar-refractivity contribution < 1.29 is 17.9 Å². The quantitative estimate of drug-likeness (QED) is 0.757. The molecule has 0 aliphatic carbocycles. The molecular formula is C12H18N2O4S. The second kappa shape index (κ2) is 6.23. The van der Waals surface area contributed by atoms with Crippen LogP contribution in [0.1, 0.15) is 6.42 Å². The van der Waals surface area contributed by atoms with E-state index in [9.17, 15) is 8.42 Å². The number of nitrogens with one attached hydrogen (secondary N) is 2. The highest BCUT2D eigenvalue weighted by Crippen LogP contribution is 2.29. The van der Waals surface area contributed by atoms with Crippen molar-refractivity contribution in [3.63, 3.8) is 0 Å². The van der Waals surface area contributed by atoms with Gasteiger partial charge in [-0.3, -0.25) is 0 Å². The van der Waals surface area contributed by atoms with Crippen LogP contribution in [0.5, 0.6) is 5.75 Å². The van der Waals surface area contributed by atoms with Gasteiger partial charge in [-0.1, -0.05) is 0 Å². The van der Waals surface area contributed by atoms with Crippen LogP contribution in [0.15, 0.2) is 23.1 Å². The van der Waals surface area contributed by atoms with E-state index >= 15 is 0 Å². The molecule has 1 aromatic carbocycles. The number of benzene rings is 1. The fraction of sp³-hybridized carbons (Fsp3) is 0.500. The fourth-order valence-electron chi connectivity index (χ4n) is 1.79. The van der Waals surface area contributed by atoms with Gasteiger partial charge < -0.3 is 14.8 Å². The Labute approximate surface area is 113 Å². The average molecular weight is 286 g/mol. The van der Waals surface area contributed by atoms with Crippen LogP contribution in [-0.2, 0) is 14.8 Å². The lowest BCUT2D eigenvalue weighted by Crippen LogP contribution is -2.26. The van der Waals surface area contributed by atoms with Crippen molar-refractivity contribution in [1.82, 2.24) is 4.72 Å². The maximum absolute atomic E-state index is 12.1. The first-order valence-corrected chi connectivity index (χ1v) is 7.61. The van der Waals surface area contributed by atoms with E-state index in [1.54, 1.807) is 25.3 Å². The van der Waals surface area contributed by atoms with Crippen LogP contribution < -0.4 is 14.8 Å². The first kappa shape index (κ1) is 14.1. The van der Waals surface area contributed by atoms with E-state index < -0.39 is 10.0 Å². The molecule has 106 valence electrons. The Hall–Kier alpha value is -1.31. The topological polar surface area (TPSA) is 76.7 Å².